The number of hydrogen-bond donors (Lipinski definition) is 0. The van der Waals surface area contributed by atoms with Gasteiger partial charge < -0.3 is 0 Å². The van der Waals surface area contributed by atoms with Gasteiger partial charge in [-0.2, -0.15) is 10.4 Å². The molecule has 80 valence electrons. The summed E-state index contributed by atoms with van der Waals surface area (Å²) in [5.74, 6) is 0. The SMILES string of the molecule is Cc1cccc(-n2ncc(C#N)c2C)c1C. The smallest absolute Gasteiger partial charge is 0.103 e. The fourth-order valence-corrected chi connectivity index (χ4v) is 1.73. The van der Waals surface area contributed by atoms with Crippen molar-refractivity contribution in [1.29, 1.82) is 5.26 Å². The number of nitrogens with zero attached hydrogens (tertiary/aromatic N) is 3. The molecule has 0 amide bonds. The Kier molecular flexibility index (Phi) is 2.49. The van der Waals surface area contributed by atoms with Crippen molar-refractivity contribution in [2.24, 2.45) is 0 Å². The number of rotatable bonds is 1. The van der Waals surface area contributed by atoms with E-state index in [0.717, 1.165) is 11.4 Å². The zero-order chi connectivity index (χ0) is 11.7. The normalized spacial score (nSPS) is 10.1. The molecule has 3 heteroatoms. The molecule has 2 aromatic rings. The third-order valence-electron chi connectivity index (χ3n) is 2.93. The zero-order valence-electron chi connectivity index (χ0n) is 9.65. The number of aryl methyl sites for hydroxylation is 1. The first-order valence-electron chi connectivity index (χ1n) is 5.16. The molecule has 0 unspecified atom stereocenters. The van der Waals surface area contributed by atoms with Crippen LogP contribution in [0.5, 0.6) is 0 Å². The van der Waals surface area contributed by atoms with Gasteiger partial charge in [0.25, 0.3) is 0 Å². The van der Waals surface area contributed by atoms with Crippen molar-refractivity contribution in [3.05, 3.63) is 46.8 Å². The highest BCUT2D eigenvalue weighted by molar-refractivity contribution is 5.47. The molecule has 3 nitrogen and oxygen atoms in total. The predicted molar refractivity (Wildman–Crippen MR) is 62.5 cm³/mol. The summed E-state index contributed by atoms with van der Waals surface area (Å²) >= 11 is 0. The standard InChI is InChI=1S/C13H13N3/c1-9-5-4-6-13(10(9)2)16-11(3)12(7-14)8-15-16/h4-6,8H,1-3H3. The summed E-state index contributed by atoms with van der Waals surface area (Å²) in [5.41, 5.74) is 4.97. The Morgan fingerprint density at radius 2 is 2.00 bits per heavy atom. The lowest BCUT2D eigenvalue weighted by Gasteiger charge is -2.10. The van der Waals surface area contributed by atoms with E-state index in [-0.39, 0.29) is 0 Å². The number of aromatic nitrogens is 2. The van der Waals surface area contributed by atoms with Gasteiger partial charge in [-0.15, -0.1) is 0 Å². The Balaban J connectivity index is 2.64. The topological polar surface area (TPSA) is 41.6 Å². The minimum absolute atomic E-state index is 0.626. The van der Waals surface area contributed by atoms with Crippen molar-refractivity contribution < 1.29 is 0 Å². The Hall–Kier alpha value is -2.08. The zero-order valence-corrected chi connectivity index (χ0v) is 9.65. The van der Waals surface area contributed by atoms with Crippen LogP contribution < -0.4 is 0 Å². The summed E-state index contributed by atoms with van der Waals surface area (Å²) in [6.07, 6.45) is 1.61. The molecule has 0 saturated heterocycles. The second-order valence-electron chi connectivity index (χ2n) is 3.89. The summed E-state index contributed by atoms with van der Waals surface area (Å²) in [7, 11) is 0. The van der Waals surface area contributed by atoms with E-state index < -0.39 is 0 Å². The van der Waals surface area contributed by atoms with Crippen molar-refractivity contribution >= 4 is 0 Å². The lowest BCUT2D eigenvalue weighted by Crippen LogP contribution is -2.02. The Morgan fingerprint density at radius 1 is 1.25 bits per heavy atom. The van der Waals surface area contributed by atoms with Crippen molar-refractivity contribution in [2.75, 3.05) is 0 Å². The summed E-state index contributed by atoms with van der Waals surface area (Å²) in [6.45, 7) is 6.05. The molecular formula is C13H13N3. The summed E-state index contributed by atoms with van der Waals surface area (Å²) in [4.78, 5) is 0. The third kappa shape index (κ3) is 1.49. The highest BCUT2D eigenvalue weighted by Gasteiger charge is 2.09. The quantitative estimate of drug-likeness (QED) is 0.727. The molecule has 1 heterocycles. The Labute approximate surface area is 94.9 Å². The lowest BCUT2D eigenvalue weighted by molar-refractivity contribution is 0.838. The van der Waals surface area contributed by atoms with Gasteiger partial charge in [0.2, 0.25) is 0 Å². The Bertz CT molecular complexity index is 573. The second-order valence-corrected chi connectivity index (χ2v) is 3.89. The maximum atomic E-state index is 8.90. The molecule has 0 spiro atoms. The molecule has 16 heavy (non-hydrogen) atoms. The van der Waals surface area contributed by atoms with Gasteiger partial charge >= 0.3 is 0 Å². The van der Waals surface area contributed by atoms with E-state index in [1.165, 1.54) is 11.1 Å². The van der Waals surface area contributed by atoms with Crippen LogP contribution in [-0.2, 0) is 0 Å². The van der Waals surface area contributed by atoms with Gasteiger partial charge in [-0.3, -0.25) is 0 Å². The minimum Gasteiger partial charge on any atom is -0.236 e. The van der Waals surface area contributed by atoms with E-state index in [9.17, 15) is 0 Å². The van der Waals surface area contributed by atoms with Crippen LogP contribution in [0.2, 0.25) is 0 Å². The molecule has 0 aliphatic heterocycles. The number of hydrogen-bond acceptors (Lipinski definition) is 2. The van der Waals surface area contributed by atoms with E-state index in [1.54, 1.807) is 6.20 Å². The maximum absolute atomic E-state index is 8.90. The van der Waals surface area contributed by atoms with E-state index >= 15 is 0 Å². The van der Waals surface area contributed by atoms with Gasteiger partial charge in [-0.25, -0.2) is 4.68 Å². The molecular weight excluding hydrogens is 198 g/mol. The van der Waals surface area contributed by atoms with E-state index in [4.69, 9.17) is 5.26 Å². The second kappa shape index (κ2) is 3.82. The Morgan fingerprint density at radius 3 is 2.62 bits per heavy atom. The van der Waals surface area contributed by atoms with Gasteiger partial charge in [0.15, 0.2) is 0 Å². The molecule has 1 aromatic carbocycles. The van der Waals surface area contributed by atoms with Crippen molar-refractivity contribution in [3.8, 4) is 11.8 Å². The molecule has 2 rings (SSSR count). The maximum Gasteiger partial charge on any atom is 0.103 e. The summed E-state index contributed by atoms with van der Waals surface area (Å²) in [5, 5.41) is 13.2. The van der Waals surface area contributed by atoms with Gasteiger partial charge in [0, 0.05) is 0 Å². The van der Waals surface area contributed by atoms with Crippen molar-refractivity contribution in [1.82, 2.24) is 9.78 Å². The van der Waals surface area contributed by atoms with Crippen molar-refractivity contribution in [2.45, 2.75) is 20.8 Å². The lowest BCUT2D eigenvalue weighted by atomic mass is 10.1. The molecule has 0 N–H and O–H groups in total. The molecule has 0 bridgehead atoms. The van der Waals surface area contributed by atoms with Crippen LogP contribution >= 0.6 is 0 Å². The molecule has 0 atom stereocenters. The fourth-order valence-electron chi connectivity index (χ4n) is 1.73. The highest BCUT2D eigenvalue weighted by Crippen LogP contribution is 2.19. The van der Waals surface area contributed by atoms with Crippen LogP contribution in [0.4, 0.5) is 0 Å². The van der Waals surface area contributed by atoms with Gasteiger partial charge in [-0.05, 0) is 38.0 Å². The van der Waals surface area contributed by atoms with Gasteiger partial charge in [-0.1, -0.05) is 12.1 Å². The monoisotopic (exact) mass is 211 g/mol. The molecule has 0 aliphatic rings. The van der Waals surface area contributed by atoms with Crippen LogP contribution in [0.1, 0.15) is 22.4 Å². The molecule has 0 fully saturated rings. The highest BCUT2D eigenvalue weighted by atomic mass is 15.3. The fraction of sp³-hybridized carbons (Fsp3) is 0.231. The first-order chi connectivity index (χ1) is 7.65. The average Bonchev–Trinajstić information content (AvgIpc) is 2.64. The van der Waals surface area contributed by atoms with E-state index in [0.29, 0.717) is 5.56 Å². The number of benzene rings is 1. The molecule has 0 aliphatic carbocycles. The first-order valence-corrected chi connectivity index (χ1v) is 5.16. The third-order valence-corrected chi connectivity index (χ3v) is 2.93. The molecule has 0 radical (unpaired) electrons. The van der Waals surface area contributed by atoms with Crippen LogP contribution in [-0.4, -0.2) is 9.78 Å². The van der Waals surface area contributed by atoms with Crippen LogP contribution in [0.15, 0.2) is 24.4 Å². The minimum atomic E-state index is 0.626. The summed E-state index contributed by atoms with van der Waals surface area (Å²) in [6, 6.07) is 8.23. The molecule has 0 saturated carbocycles. The molecule has 1 aromatic heterocycles. The van der Waals surface area contributed by atoms with Gasteiger partial charge in [0.1, 0.15) is 6.07 Å². The van der Waals surface area contributed by atoms with Crippen molar-refractivity contribution in [3.63, 3.8) is 0 Å². The first kappa shape index (κ1) is 10.4. The largest absolute Gasteiger partial charge is 0.236 e. The van der Waals surface area contributed by atoms with Crippen LogP contribution in [0.3, 0.4) is 0 Å². The average molecular weight is 211 g/mol. The van der Waals surface area contributed by atoms with Crippen LogP contribution in [0.25, 0.3) is 5.69 Å². The van der Waals surface area contributed by atoms with Gasteiger partial charge in [0.05, 0.1) is 23.1 Å². The number of nitriles is 1. The van der Waals surface area contributed by atoms with Crippen LogP contribution in [0, 0.1) is 32.1 Å². The summed E-state index contributed by atoms with van der Waals surface area (Å²) < 4.78 is 1.82. The van der Waals surface area contributed by atoms with E-state index in [2.05, 4.69) is 31.1 Å². The predicted octanol–water partition coefficient (Wildman–Crippen LogP) is 2.67. The van der Waals surface area contributed by atoms with E-state index in [1.807, 2.05) is 23.7 Å².